The lowest BCUT2D eigenvalue weighted by molar-refractivity contribution is -0.147. The predicted octanol–water partition coefficient (Wildman–Crippen LogP) is 3.32. The molecule has 0 aliphatic rings. The molecular weight excluding hydrogens is 264 g/mol. The van der Waals surface area contributed by atoms with Crippen LogP contribution >= 0.6 is 0 Å². The van der Waals surface area contributed by atoms with Gasteiger partial charge in [-0.2, -0.15) is 0 Å². The van der Waals surface area contributed by atoms with Crippen LogP contribution in [0.1, 0.15) is 60.3 Å². The summed E-state index contributed by atoms with van der Waals surface area (Å²) in [4.78, 5) is 16.0. The molecule has 0 aromatic rings. The summed E-state index contributed by atoms with van der Waals surface area (Å²) in [6.45, 7) is 17.0. The van der Waals surface area contributed by atoms with E-state index in [-0.39, 0.29) is 0 Å². The molecule has 0 bridgehead atoms. The Kier molecular flexibility index (Phi) is 10.7. The topological polar surface area (TPSA) is 43.8 Å². The summed E-state index contributed by atoms with van der Waals surface area (Å²) in [6, 6.07) is 0. The minimum Gasteiger partial charge on any atom is -0.481 e. The third-order valence-corrected chi connectivity index (χ3v) is 4.40. The van der Waals surface area contributed by atoms with Gasteiger partial charge in [0, 0.05) is 0 Å². The summed E-state index contributed by atoms with van der Waals surface area (Å²) in [5, 5.41) is 9.10. The number of hydrogen-bond donors (Lipinski definition) is 1. The highest BCUT2D eigenvalue weighted by molar-refractivity contribution is 5.73. The maximum Gasteiger partial charge on any atom is 0.309 e. The van der Waals surface area contributed by atoms with E-state index in [0.29, 0.717) is 0 Å². The second-order valence-electron chi connectivity index (χ2n) is 6.46. The van der Waals surface area contributed by atoms with Gasteiger partial charge in [-0.05, 0) is 72.4 Å². The van der Waals surface area contributed by atoms with E-state index in [1.807, 2.05) is 13.8 Å². The van der Waals surface area contributed by atoms with Gasteiger partial charge >= 0.3 is 5.97 Å². The van der Waals surface area contributed by atoms with Gasteiger partial charge in [-0.15, -0.1) is 0 Å². The van der Waals surface area contributed by atoms with Gasteiger partial charge < -0.3 is 14.9 Å². The van der Waals surface area contributed by atoms with Gasteiger partial charge in [-0.3, -0.25) is 4.79 Å². The summed E-state index contributed by atoms with van der Waals surface area (Å²) in [6.07, 6.45) is 4.07. The molecule has 1 N–H and O–H groups in total. The molecule has 21 heavy (non-hydrogen) atoms. The molecule has 0 spiro atoms. The minimum atomic E-state index is -0.686. The lowest BCUT2D eigenvalue weighted by Crippen LogP contribution is -2.31. The normalized spacial score (nSPS) is 12.3. The zero-order valence-corrected chi connectivity index (χ0v) is 14.8. The highest BCUT2D eigenvalue weighted by Crippen LogP contribution is 2.23. The summed E-state index contributed by atoms with van der Waals surface area (Å²) in [7, 11) is 0. The maximum atomic E-state index is 11.1. The second kappa shape index (κ2) is 11.0. The van der Waals surface area contributed by atoms with Gasteiger partial charge in [-0.25, -0.2) is 0 Å². The first kappa shape index (κ1) is 20.4. The third-order valence-electron chi connectivity index (χ3n) is 4.40. The quantitative estimate of drug-likeness (QED) is 0.530. The van der Waals surface area contributed by atoms with Gasteiger partial charge in [-0.1, -0.05) is 27.2 Å². The first-order valence-electron chi connectivity index (χ1n) is 8.55. The minimum absolute atomic E-state index is 0.584. The van der Waals surface area contributed by atoms with E-state index in [0.717, 1.165) is 52.0 Å². The van der Waals surface area contributed by atoms with E-state index >= 15 is 0 Å². The number of hydrogen-bond acceptors (Lipinski definition) is 3. The molecule has 0 unspecified atom stereocenters. The van der Waals surface area contributed by atoms with Crippen LogP contribution in [0.2, 0.25) is 0 Å². The molecule has 0 atom stereocenters. The van der Waals surface area contributed by atoms with Gasteiger partial charge in [0.2, 0.25) is 0 Å². The van der Waals surface area contributed by atoms with Gasteiger partial charge in [0.05, 0.1) is 5.41 Å². The maximum absolute atomic E-state index is 11.1. The molecule has 0 aliphatic carbocycles. The van der Waals surface area contributed by atoms with Crippen molar-refractivity contribution in [1.29, 1.82) is 0 Å². The second-order valence-corrected chi connectivity index (χ2v) is 6.46. The molecule has 0 saturated carbocycles. The summed E-state index contributed by atoms with van der Waals surface area (Å²) < 4.78 is 0. The Bertz CT molecular complexity index is 276. The summed E-state index contributed by atoms with van der Waals surface area (Å²) in [5.41, 5.74) is -0.584. The Labute approximate surface area is 131 Å². The van der Waals surface area contributed by atoms with Crippen LogP contribution in [0.4, 0.5) is 0 Å². The molecule has 0 aliphatic heterocycles. The highest BCUT2D eigenvalue weighted by atomic mass is 16.4. The number of unbranched alkanes of at least 4 members (excludes halogenated alkanes) is 1. The number of nitrogens with zero attached hydrogens (tertiary/aromatic N) is 2. The molecule has 4 heteroatoms. The third kappa shape index (κ3) is 9.10. The van der Waals surface area contributed by atoms with Crippen LogP contribution in [-0.4, -0.2) is 60.1 Å². The van der Waals surface area contributed by atoms with Gasteiger partial charge in [0.15, 0.2) is 0 Å². The molecule has 0 saturated heterocycles. The van der Waals surface area contributed by atoms with Crippen LogP contribution in [0, 0.1) is 5.41 Å². The van der Waals surface area contributed by atoms with Crippen molar-refractivity contribution >= 4 is 5.97 Å². The zero-order chi connectivity index (χ0) is 16.3. The molecule has 0 radical (unpaired) electrons. The average Bonchev–Trinajstić information content (AvgIpc) is 2.45. The van der Waals surface area contributed by atoms with Crippen LogP contribution in [0.15, 0.2) is 0 Å². The van der Waals surface area contributed by atoms with Crippen molar-refractivity contribution in [2.24, 2.45) is 5.41 Å². The van der Waals surface area contributed by atoms with Crippen LogP contribution in [0.5, 0.6) is 0 Å². The lowest BCUT2D eigenvalue weighted by atomic mass is 9.87. The van der Waals surface area contributed by atoms with Crippen LogP contribution < -0.4 is 0 Å². The number of carbonyl (C=O) groups is 1. The fourth-order valence-electron chi connectivity index (χ4n) is 2.50. The summed E-state index contributed by atoms with van der Waals surface area (Å²) in [5.74, 6) is -0.686. The molecule has 126 valence electrons. The Hall–Kier alpha value is -0.610. The average molecular weight is 300 g/mol. The molecule has 0 aromatic carbocycles. The molecule has 0 amide bonds. The highest BCUT2D eigenvalue weighted by Gasteiger charge is 2.26. The van der Waals surface area contributed by atoms with E-state index in [9.17, 15) is 4.79 Å². The number of carboxylic acids is 1. The van der Waals surface area contributed by atoms with Crippen LogP contribution in [0.3, 0.4) is 0 Å². The van der Waals surface area contributed by atoms with E-state index in [4.69, 9.17) is 5.11 Å². The van der Waals surface area contributed by atoms with E-state index in [1.165, 1.54) is 13.0 Å². The van der Waals surface area contributed by atoms with E-state index < -0.39 is 11.4 Å². The van der Waals surface area contributed by atoms with Crippen molar-refractivity contribution in [3.63, 3.8) is 0 Å². The molecule has 0 fully saturated rings. The monoisotopic (exact) mass is 300 g/mol. The van der Waals surface area contributed by atoms with Crippen molar-refractivity contribution in [1.82, 2.24) is 9.80 Å². The summed E-state index contributed by atoms with van der Waals surface area (Å²) >= 11 is 0. The van der Waals surface area contributed by atoms with Crippen molar-refractivity contribution in [2.45, 2.75) is 60.3 Å². The number of carboxylic acid groups (broad SMARTS) is 1. The number of rotatable bonds is 13. The lowest BCUT2D eigenvalue weighted by Gasteiger charge is -2.24. The number of aliphatic carboxylic acids is 1. The Balaban J connectivity index is 3.83. The zero-order valence-electron chi connectivity index (χ0n) is 14.8. The molecule has 0 aromatic heterocycles. The Morgan fingerprint density at radius 3 is 1.81 bits per heavy atom. The fourth-order valence-corrected chi connectivity index (χ4v) is 2.50. The first-order valence-corrected chi connectivity index (χ1v) is 8.55. The predicted molar refractivity (Wildman–Crippen MR) is 89.8 cm³/mol. The molecular formula is C17H36N2O2. The molecule has 0 rings (SSSR count). The van der Waals surface area contributed by atoms with Crippen LogP contribution in [0.25, 0.3) is 0 Å². The Morgan fingerprint density at radius 1 is 0.857 bits per heavy atom. The van der Waals surface area contributed by atoms with Crippen molar-refractivity contribution < 1.29 is 9.90 Å². The molecule has 0 heterocycles. The van der Waals surface area contributed by atoms with Crippen molar-refractivity contribution in [3.8, 4) is 0 Å². The van der Waals surface area contributed by atoms with E-state index in [1.54, 1.807) is 0 Å². The SMILES string of the molecule is CCN(CC)CCCN(CC)CCCCC(C)(C)C(=O)O. The first-order chi connectivity index (χ1) is 9.87. The smallest absolute Gasteiger partial charge is 0.309 e. The molecule has 4 nitrogen and oxygen atoms in total. The standard InChI is InChI=1S/C17H36N2O2/c1-6-18(7-2)14-11-15-19(8-3)13-10-9-12-17(4,5)16(20)21/h6-15H2,1-5H3,(H,20,21). The Morgan fingerprint density at radius 2 is 1.33 bits per heavy atom. The largest absolute Gasteiger partial charge is 0.481 e. The van der Waals surface area contributed by atoms with Crippen molar-refractivity contribution in [2.75, 3.05) is 39.3 Å². The van der Waals surface area contributed by atoms with Crippen molar-refractivity contribution in [3.05, 3.63) is 0 Å². The van der Waals surface area contributed by atoms with Gasteiger partial charge in [0.1, 0.15) is 0 Å². The van der Waals surface area contributed by atoms with Crippen LogP contribution in [-0.2, 0) is 4.79 Å². The van der Waals surface area contributed by atoms with E-state index in [2.05, 4.69) is 30.6 Å². The van der Waals surface area contributed by atoms with Gasteiger partial charge in [0.25, 0.3) is 0 Å². The fraction of sp³-hybridized carbons (Fsp3) is 0.941.